The molecule has 128 valence electrons. The first-order valence-corrected chi connectivity index (χ1v) is 9.10. The van der Waals surface area contributed by atoms with Gasteiger partial charge in [0.25, 0.3) is 0 Å². The van der Waals surface area contributed by atoms with Gasteiger partial charge in [-0.25, -0.2) is 0 Å². The Morgan fingerprint density at radius 1 is 1.30 bits per heavy atom. The van der Waals surface area contributed by atoms with E-state index in [-0.39, 0.29) is 16.9 Å². The molecule has 9 heteroatoms. The molecule has 0 radical (unpaired) electrons. The largest absolute Gasteiger partial charge is 0.339 e. The van der Waals surface area contributed by atoms with Crippen LogP contribution in [-0.2, 0) is 4.79 Å². The normalized spacial score (nSPS) is 12.7. The Balaban J connectivity index is 2.69. The van der Waals surface area contributed by atoms with Crippen LogP contribution in [0.25, 0.3) is 0 Å². The van der Waals surface area contributed by atoms with Crippen molar-refractivity contribution in [3.05, 3.63) is 28.7 Å². The molecule has 0 aliphatic heterocycles. The number of nitrogens with one attached hydrogen (secondary N) is 3. The predicted octanol–water partition coefficient (Wildman–Crippen LogP) is 4.59. The molecule has 3 N–H and O–H groups in total. The zero-order chi connectivity index (χ0) is 17.6. The first-order chi connectivity index (χ1) is 10.6. The van der Waals surface area contributed by atoms with Gasteiger partial charge in [0.2, 0.25) is 9.70 Å². The van der Waals surface area contributed by atoms with Crippen LogP contribution in [0.3, 0.4) is 0 Å². The Morgan fingerprint density at radius 3 is 2.48 bits per heavy atom. The average molecular weight is 462 g/mol. The van der Waals surface area contributed by atoms with Crippen molar-refractivity contribution in [2.24, 2.45) is 5.92 Å². The number of alkyl halides is 3. The van der Waals surface area contributed by atoms with Crippen LogP contribution in [0.15, 0.2) is 28.7 Å². The minimum Gasteiger partial charge on any atom is -0.339 e. The predicted molar refractivity (Wildman–Crippen MR) is 105 cm³/mol. The van der Waals surface area contributed by atoms with Crippen LogP contribution in [0.5, 0.6) is 0 Å². The summed E-state index contributed by atoms with van der Waals surface area (Å²) in [7, 11) is 0. The Labute approximate surface area is 164 Å². The van der Waals surface area contributed by atoms with Gasteiger partial charge in [-0.05, 0) is 36.3 Å². The Kier molecular flexibility index (Phi) is 8.38. The zero-order valence-electron chi connectivity index (χ0n) is 12.5. The van der Waals surface area contributed by atoms with E-state index in [1.54, 1.807) is 0 Å². The number of anilines is 1. The van der Waals surface area contributed by atoms with Gasteiger partial charge >= 0.3 is 0 Å². The van der Waals surface area contributed by atoms with Crippen molar-refractivity contribution in [1.29, 1.82) is 0 Å². The third-order valence-corrected chi connectivity index (χ3v) is 3.95. The SMILES string of the molecule is CC(C)CC(=O)N[C@@H](NC(=S)Nc1cccc(Br)c1)C(Cl)(Cl)Cl. The molecular formula is C14H17BrCl3N3OS. The fourth-order valence-electron chi connectivity index (χ4n) is 1.65. The summed E-state index contributed by atoms with van der Waals surface area (Å²) in [5.41, 5.74) is 0.758. The second-order valence-corrected chi connectivity index (χ2v) is 8.94. The maximum absolute atomic E-state index is 11.9. The van der Waals surface area contributed by atoms with E-state index < -0.39 is 9.96 Å². The summed E-state index contributed by atoms with van der Waals surface area (Å²) in [5.74, 6) is -0.0353. The van der Waals surface area contributed by atoms with Crippen molar-refractivity contribution < 1.29 is 4.79 Å². The number of hydrogen-bond acceptors (Lipinski definition) is 2. The lowest BCUT2D eigenvalue weighted by Crippen LogP contribution is -2.56. The highest BCUT2D eigenvalue weighted by atomic mass is 79.9. The Morgan fingerprint density at radius 2 is 1.96 bits per heavy atom. The molecule has 0 fully saturated rings. The highest BCUT2D eigenvalue weighted by Gasteiger charge is 2.34. The molecule has 0 spiro atoms. The molecule has 0 bridgehead atoms. The van der Waals surface area contributed by atoms with Gasteiger partial charge in [0.05, 0.1) is 0 Å². The molecule has 0 aromatic heterocycles. The lowest BCUT2D eigenvalue weighted by atomic mass is 10.1. The summed E-state index contributed by atoms with van der Waals surface area (Å²) >= 11 is 26.3. The first-order valence-electron chi connectivity index (χ1n) is 6.77. The maximum atomic E-state index is 11.9. The Hall–Kier alpha value is -0.270. The molecular weight excluding hydrogens is 445 g/mol. The number of thiocarbonyl (C=S) groups is 1. The molecule has 0 aliphatic rings. The van der Waals surface area contributed by atoms with Crippen molar-refractivity contribution in [3.63, 3.8) is 0 Å². The first kappa shape index (κ1) is 20.8. The molecule has 0 saturated heterocycles. The molecule has 0 unspecified atom stereocenters. The van der Waals surface area contributed by atoms with E-state index in [1.165, 1.54) is 0 Å². The van der Waals surface area contributed by atoms with Crippen LogP contribution in [-0.4, -0.2) is 21.0 Å². The van der Waals surface area contributed by atoms with Crippen molar-refractivity contribution in [2.75, 3.05) is 5.32 Å². The number of carbonyl (C=O) groups excluding carboxylic acids is 1. The quantitative estimate of drug-likeness (QED) is 0.341. The minimum absolute atomic E-state index is 0.192. The second kappa shape index (κ2) is 9.28. The van der Waals surface area contributed by atoms with E-state index in [0.29, 0.717) is 6.42 Å². The monoisotopic (exact) mass is 459 g/mol. The highest BCUT2D eigenvalue weighted by Crippen LogP contribution is 2.29. The third kappa shape index (κ3) is 8.40. The van der Waals surface area contributed by atoms with E-state index in [9.17, 15) is 4.79 Å². The van der Waals surface area contributed by atoms with Crippen LogP contribution in [0.1, 0.15) is 20.3 Å². The maximum Gasteiger partial charge on any atom is 0.228 e. The fourth-order valence-corrected chi connectivity index (χ4v) is 2.62. The van der Waals surface area contributed by atoms with Crippen LogP contribution >= 0.6 is 63.0 Å². The lowest BCUT2D eigenvalue weighted by molar-refractivity contribution is -0.122. The molecule has 0 saturated carbocycles. The molecule has 1 aromatic carbocycles. The number of amides is 1. The summed E-state index contributed by atoms with van der Waals surface area (Å²) in [5, 5.41) is 8.63. The van der Waals surface area contributed by atoms with E-state index in [2.05, 4.69) is 31.9 Å². The van der Waals surface area contributed by atoms with Gasteiger partial charge in [-0.2, -0.15) is 0 Å². The summed E-state index contributed by atoms with van der Waals surface area (Å²) in [6.07, 6.45) is -0.629. The molecule has 23 heavy (non-hydrogen) atoms. The topological polar surface area (TPSA) is 53.2 Å². The second-order valence-electron chi connectivity index (χ2n) is 5.25. The average Bonchev–Trinajstić information content (AvgIpc) is 2.35. The lowest BCUT2D eigenvalue weighted by Gasteiger charge is -2.28. The van der Waals surface area contributed by atoms with E-state index in [4.69, 9.17) is 47.0 Å². The van der Waals surface area contributed by atoms with Crippen LogP contribution < -0.4 is 16.0 Å². The van der Waals surface area contributed by atoms with Crippen LogP contribution in [0.2, 0.25) is 0 Å². The number of hydrogen-bond donors (Lipinski definition) is 3. The van der Waals surface area contributed by atoms with Gasteiger partial charge in [-0.15, -0.1) is 0 Å². The number of rotatable bonds is 5. The van der Waals surface area contributed by atoms with Crippen LogP contribution in [0.4, 0.5) is 5.69 Å². The van der Waals surface area contributed by atoms with Crippen molar-refractivity contribution in [2.45, 2.75) is 30.2 Å². The van der Waals surface area contributed by atoms with Gasteiger partial charge < -0.3 is 16.0 Å². The smallest absolute Gasteiger partial charge is 0.228 e. The standard InChI is InChI=1S/C14H17BrCl3N3OS/c1-8(2)6-11(22)20-12(14(16,17)18)21-13(23)19-10-5-3-4-9(15)7-10/h3-5,7-8,12H,6H2,1-2H3,(H,20,22)(H2,19,21,23)/t12-/m0/s1. The molecule has 1 atom stereocenters. The van der Waals surface area contributed by atoms with Crippen molar-refractivity contribution >= 4 is 79.7 Å². The highest BCUT2D eigenvalue weighted by molar-refractivity contribution is 9.10. The molecule has 0 aliphatic carbocycles. The van der Waals surface area contributed by atoms with Gasteiger partial charge in [-0.3, -0.25) is 4.79 Å². The van der Waals surface area contributed by atoms with Gasteiger partial charge in [-0.1, -0.05) is 70.6 Å². The van der Waals surface area contributed by atoms with Gasteiger partial charge in [0.15, 0.2) is 5.11 Å². The summed E-state index contributed by atoms with van der Waals surface area (Å²) in [6, 6.07) is 7.42. The van der Waals surface area contributed by atoms with E-state index in [0.717, 1.165) is 10.2 Å². The van der Waals surface area contributed by atoms with Crippen LogP contribution in [0, 0.1) is 5.92 Å². The van der Waals surface area contributed by atoms with E-state index >= 15 is 0 Å². The molecule has 4 nitrogen and oxygen atoms in total. The molecule has 1 rings (SSSR count). The molecule has 0 heterocycles. The fraction of sp³-hybridized carbons (Fsp3) is 0.429. The van der Waals surface area contributed by atoms with Crippen molar-refractivity contribution in [3.8, 4) is 0 Å². The number of carbonyl (C=O) groups is 1. The minimum atomic E-state index is -1.75. The number of halogens is 4. The van der Waals surface area contributed by atoms with Gasteiger partial charge in [0, 0.05) is 16.6 Å². The molecule has 1 aromatic rings. The summed E-state index contributed by atoms with van der Waals surface area (Å²) in [4.78, 5) is 11.9. The summed E-state index contributed by atoms with van der Waals surface area (Å²) in [6.45, 7) is 3.85. The number of benzene rings is 1. The molecule has 1 amide bonds. The van der Waals surface area contributed by atoms with Crippen molar-refractivity contribution in [1.82, 2.24) is 10.6 Å². The summed E-state index contributed by atoms with van der Waals surface area (Å²) < 4.78 is -0.858. The Bertz CT molecular complexity index is 566. The van der Waals surface area contributed by atoms with Gasteiger partial charge in [0.1, 0.15) is 6.17 Å². The van der Waals surface area contributed by atoms with E-state index in [1.807, 2.05) is 38.1 Å². The zero-order valence-corrected chi connectivity index (χ0v) is 17.2. The third-order valence-electron chi connectivity index (χ3n) is 2.58.